The van der Waals surface area contributed by atoms with Gasteiger partial charge >= 0.3 is 0 Å². The van der Waals surface area contributed by atoms with Crippen molar-refractivity contribution in [2.45, 2.75) is 0 Å². The maximum Gasteiger partial charge on any atom is 0.260 e. The zero-order valence-corrected chi connectivity index (χ0v) is 16.1. The molecule has 0 aliphatic carbocycles. The van der Waals surface area contributed by atoms with Crippen molar-refractivity contribution in [3.05, 3.63) is 53.6 Å². The molecule has 1 saturated heterocycles. The number of morpholine rings is 1. The molecule has 0 saturated carbocycles. The number of anilines is 1. The van der Waals surface area contributed by atoms with Crippen molar-refractivity contribution < 1.29 is 23.8 Å². The maximum absolute atomic E-state index is 12.3. The van der Waals surface area contributed by atoms with Gasteiger partial charge in [0.2, 0.25) is 0 Å². The third-order valence-corrected chi connectivity index (χ3v) is 4.92. The molecule has 0 radical (unpaired) electrons. The predicted molar refractivity (Wildman–Crippen MR) is 109 cm³/mol. The van der Waals surface area contributed by atoms with Crippen molar-refractivity contribution in [3.8, 4) is 11.5 Å². The zero-order valence-electron chi connectivity index (χ0n) is 16.1. The molecule has 0 aromatic heterocycles. The summed E-state index contributed by atoms with van der Waals surface area (Å²) in [5.74, 6) is 0.760. The van der Waals surface area contributed by atoms with Crippen LogP contribution in [-0.4, -0.2) is 56.7 Å². The van der Waals surface area contributed by atoms with Gasteiger partial charge in [-0.15, -0.1) is 0 Å². The van der Waals surface area contributed by atoms with Gasteiger partial charge in [-0.2, -0.15) is 0 Å². The largest absolute Gasteiger partial charge is 0.493 e. The topological polar surface area (TPSA) is 77.1 Å². The lowest BCUT2D eigenvalue weighted by Crippen LogP contribution is -2.43. The van der Waals surface area contributed by atoms with Crippen LogP contribution in [0, 0.1) is 0 Å². The van der Waals surface area contributed by atoms with Crippen molar-refractivity contribution in [2.75, 3.05) is 45.3 Å². The van der Waals surface area contributed by atoms with E-state index >= 15 is 0 Å². The van der Waals surface area contributed by atoms with E-state index in [1.54, 1.807) is 24.1 Å². The van der Waals surface area contributed by atoms with Crippen LogP contribution in [0.25, 0.3) is 11.6 Å². The summed E-state index contributed by atoms with van der Waals surface area (Å²) in [6.45, 7) is 2.20. The Bertz CT molecular complexity index is 963. The number of rotatable bonds is 5. The Kier molecular flexibility index (Phi) is 5.48. The second-order valence-corrected chi connectivity index (χ2v) is 6.75. The number of ether oxygens (including phenoxy) is 3. The molecule has 0 unspecified atom stereocenters. The first kappa shape index (κ1) is 19.0. The fourth-order valence-electron chi connectivity index (χ4n) is 3.39. The van der Waals surface area contributed by atoms with E-state index in [0.717, 1.165) is 16.8 Å². The third kappa shape index (κ3) is 4.09. The van der Waals surface area contributed by atoms with Gasteiger partial charge in [-0.1, -0.05) is 24.3 Å². The van der Waals surface area contributed by atoms with Gasteiger partial charge in [0, 0.05) is 29.9 Å². The molecule has 2 aromatic rings. The molecule has 2 amide bonds. The lowest BCUT2D eigenvalue weighted by molar-refractivity contribution is -0.137. The normalized spacial score (nSPS) is 17.1. The minimum atomic E-state index is -0.137. The number of para-hydroxylation sites is 1. The molecule has 2 heterocycles. The number of hydrogen-bond acceptors (Lipinski definition) is 5. The standard InChI is InChI=1S/C22H22N2O5/c1-27-20-13-15(12-17-16-4-2-3-5-18(16)23-22(17)26)6-7-19(20)29-14-21(25)24-8-10-28-11-9-24/h2-7,12-13H,8-11,14H2,1H3,(H,23,26)/b17-12-. The molecule has 0 spiro atoms. The van der Waals surface area contributed by atoms with Crippen molar-refractivity contribution in [3.63, 3.8) is 0 Å². The number of hydrogen-bond donors (Lipinski definition) is 1. The van der Waals surface area contributed by atoms with Gasteiger partial charge in [0.25, 0.3) is 11.8 Å². The molecule has 2 aliphatic heterocycles. The summed E-state index contributed by atoms with van der Waals surface area (Å²) in [6.07, 6.45) is 1.81. The average molecular weight is 394 g/mol. The van der Waals surface area contributed by atoms with Gasteiger partial charge in [-0.3, -0.25) is 9.59 Å². The number of nitrogens with one attached hydrogen (secondary N) is 1. The second kappa shape index (κ2) is 8.36. The zero-order chi connectivity index (χ0) is 20.2. The summed E-state index contributed by atoms with van der Waals surface area (Å²) < 4.78 is 16.4. The van der Waals surface area contributed by atoms with Crippen LogP contribution in [0.15, 0.2) is 42.5 Å². The molecule has 7 nitrogen and oxygen atoms in total. The van der Waals surface area contributed by atoms with Crippen LogP contribution < -0.4 is 14.8 Å². The molecular weight excluding hydrogens is 372 g/mol. The smallest absolute Gasteiger partial charge is 0.260 e. The predicted octanol–water partition coefficient (Wildman–Crippen LogP) is 2.43. The lowest BCUT2D eigenvalue weighted by Gasteiger charge is -2.26. The number of carbonyl (C=O) groups excluding carboxylic acids is 2. The average Bonchev–Trinajstić information content (AvgIpc) is 3.08. The Morgan fingerprint density at radius 2 is 1.97 bits per heavy atom. The highest BCUT2D eigenvalue weighted by Crippen LogP contribution is 2.34. The summed E-state index contributed by atoms with van der Waals surface area (Å²) in [5, 5.41) is 2.86. The molecular formula is C22H22N2O5. The van der Waals surface area contributed by atoms with Crippen LogP contribution in [0.3, 0.4) is 0 Å². The Labute approximate surface area is 168 Å². The maximum atomic E-state index is 12.3. The first-order chi connectivity index (χ1) is 14.2. The van der Waals surface area contributed by atoms with Crippen molar-refractivity contribution in [1.29, 1.82) is 0 Å². The highest BCUT2D eigenvalue weighted by molar-refractivity contribution is 6.34. The molecule has 1 fully saturated rings. The molecule has 2 aromatic carbocycles. The van der Waals surface area contributed by atoms with E-state index in [4.69, 9.17) is 14.2 Å². The highest BCUT2D eigenvalue weighted by Gasteiger charge is 2.23. The number of nitrogens with zero attached hydrogens (tertiary/aromatic N) is 1. The molecule has 7 heteroatoms. The minimum absolute atomic E-state index is 0.0629. The Hall–Kier alpha value is -3.32. The van der Waals surface area contributed by atoms with Gasteiger partial charge in [-0.25, -0.2) is 0 Å². The van der Waals surface area contributed by atoms with Crippen molar-refractivity contribution >= 4 is 29.2 Å². The lowest BCUT2D eigenvalue weighted by atomic mass is 10.0. The van der Waals surface area contributed by atoms with Gasteiger partial charge in [0.1, 0.15) is 0 Å². The van der Waals surface area contributed by atoms with E-state index in [9.17, 15) is 9.59 Å². The summed E-state index contributed by atoms with van der Waals surface area (Å²) in [5.41, 5.74) is 3.07. The SMILES string of the molecule is COc1cc(/C=C2\C(=O)Nc3ccccc32)ccc1OCC(=O)N1CCOCC1. The van der Waals surface area contributed by atoms with E-state index < -0.39 is 0 Å². The van der Waals surface area contributed by atoms with E-state index in [1.165, 1.54) is 0 Å². The van der Waals surface area contributed by atoms with Crippen LogP contribution >= 0.6 is 0 Å². The monoisotopic (exact) mass is 394 g/mol. The molecule has 1 N–H and O–H groups in total. The van der Waals surface area contributed by atoms with E-state index in [-0.39, 0.29) is 18.4 Å². The first-order valence-electron chi connectivity index (χ1n) is 9.44. The van der Waals surface area contributed by atoms with Gasteiger partial charge in [0.15, 0.2) is 18.1 Å². The van der Waals surface area contributed by atoms with Gasteiger partial charge in [-0.05, 0) is 29.8 Å². The number of carbonyl (C=O) groups is 2. The van der Waals surface area contributed by atoms with Crippen LogP contribution in [0.2, 0.25) is 0 Å². The second-order valence-electron chi connectivity index (χ2n) is 6.75. The highest BCUT2D eigenvalue weighted by atomic mass is 16.5. The number of fused-ring (bicyclic) bond motifs is 1. The van der Waals surface area contributed by atoms with Gasteiger partial charge < -0.3 is 24.4 Å². The molecule has 4 rings (SSSR count). The fourth-order valence-corrected chi connectivity index (χ4v) is 3.39. The minimum Gasteiger partial charge on any atom is -0.493 e. The molecule has 0 atom stereocenters. The van der Waals surface area contributed by atoms with Gasteiger partial charge in [0.05, 0.1) is 20.3 Å². The van der Waals surface area contributed by atoms with Crippen LogP contribution in [0.1, 0.15) is 11.1 Å². The number of benzene rings is 2. The fraction of sp³-hybridized carbons (Fsp3) is 0.273. The van der Waals surface area contributed by atoms with E-state index in [2.05, 4.69) is 5.32 Å². The van der Waals surface area contributed by atoms with E-state index in [0.29, 0.717) is 43.4 Å². The van der Waals surface area contributed by atoms with E-state index in [1.807, 2.05) is 36.4 Å². The van der Waals surface area contributed by atoms with Crippen LogP contribution in [0.4, 0.5) is 5.69 Å². The first-order valence-corrected chi connectivity index (χ1v) is 9.44. The molecule has 29 heavy (non-hydrogen) atoms. The Morgan fingerprint density at radius 1 is 1.17 bits per heavy atom. The quantitative estimate of drug-likeness (QED) is 0.789. The molecule has 0 bridgehead atoms. The summed E-state index contributed by atoms with van der Waals surface area (Å²) in [4.78, 5) is 26.3. The summed E-state index contributed by atoms with van der Waals surface area (Å²) in [6, 6.07) is 12.9. The van der Waals surface area contributed by atoms with Crippen LogP contribution in [0.5, 0.6) is 11.5 Å². The number of methoxy groups -OCH3 is 1. The van der Waals surface area contributed by atoms with Crippen molar-refractivity contribution in [1.82, 2.24) is 4.90 Å². The third-order valence-electron chi connectivity index (χ3n) is 4.92. The van der Waals surface area contributed by atoms with Crippen molar-refractivity contribution in [2.24, 2.45) is 0 Å². The molecule has 2 aliphatic rings. The van der Waals surface area contributed by atoms with Crippen LogP contribution in [-0.2, 0) is 14.3 Å². The summed E-state index contributed by atoms with van der Waals surface area (Å²) >= 11 is 0. The Balaban J connectivity index is 1.50. The Morgan fingerprint density at radius 3 is 2.76 bits per heavy atom. The number of amides is 2. The molecule has 150 valence electrons. The summed E-state index contributed by atoms with van der Waals surface area (Å²) in [7, 11) is 1.54.